The van der Waals surface area contributed by atoms with Gasteiger partial charge in [0.05, 0.1) is 17.8 Å². The molecule has 2 aromatic carbocycles. The van der Waals surface area contributed by atoms with Gasteiger partial charge in [-0.05, 0) is 60.2 Å². The van der Waals surface area contributed by atoms with E-state index in [1.54, 1.807) is 12.1 Å². The van der Waals surface area contributed by atoms with Crippen molar-refractivity contribution in [2.45, 2.75) is 25.9 Å². The van der Waals surface area contributed by atoms with E-state index in [1.165, 1.54) is 12.6 Å². The molecule has 1 heterocycles. The molecule has 0 saturated carbocycles. The minimum absolute atomic E-state index is 0.118. The second kappa shape index (κ2) is 7.20. The summed E-state index contributed by atoms with van der Waals surface area (Å²) in [7, 11) is 0. The van der Waals surface area contributed by atoms with Crippen molar-refractivity contribution in [2.75, 3.05) is 5.73 Å². The first kappa shape index (κ1) is 17.8. The van der Waals surface area contributed by atoms with Gasteiger partial charge in [0.25, 0.3) is 0 Å². The highest BCUT2D eigenvalue weighted by Gasteiger charge is 2.29. The third kappa shape index (κ3) is 3.23. The van der Waals surface area contributed by atoms with E-state index >= 15 is 0 Å². The summed E-state index contributed by atoms with van der Waals surface area (Å²) in [5.74, 6) is 1.32. The Morgan fingerprint density at radius 2 is 2.18 bits per heavy atom. The largest absolute Gasteiger partial charge is 0.485 e. The maximum Gasteiger partial charge on any atom is 0.181 e. The Balaban J connectivity index is 1.66. The minimum atomic E-state index is -0.118. The molecule has 0 unspecified atom stereocenters. The highest BCUT2D eigenvalue weighted by molar-refractivity contribution is 6.12. The predicted octanol–water partition coefficient (Wildman–Crippen LogP) is 4.25. The second-order valence-electron chi connectivity index (χ2n) is 7.07. The van der Waals surface area contributed by atoms with Crippen LogP contribution in [0, 0.1) is 22.7 Å². The fourth-order valence-corrected chi connectivity index (χ4v) is 3.63. The summed E-state index contributed by atoms with van der Waals surface area (Å²) >= 11 is 0. The van der Waals surface area contributed by atoms with Crippen LogP contribution in [0.3, 0.4) is 0 Å². The molecule has 0 spiro atoms. The monoisotopic (exact) mass is 372 g/mol. The number of fused-ring (bicyclic) bond motifs is 1. The zero-order valence-electron chi connectivity index (χ0n) is 15.5. The number of aromatic nitrogens is 1. The number of hydrogen-bond donors (Lipinski definition) is 2. The number of ether oxygens (including phenoxy) is 1. The molecule has 1 aromatic heterocycles. The molecule has 140 valence electrons. The average Bonchev–Trinajstić information content (AvgIpc) is 3.25. The Morgan fingerprint density at radius 3 is 2.93 bits per heavy atom. The number of rotatable bonds is 4. The molecule has 6 heteroatoms. The molecule has 0 fully saturated rings. The van der Waals surface area contributed by atoms with Gasteiger partial charge in [0.1, 0.15) is 17.6 Å². The first-order valence-electron chi connectivity index (χ1n) is 9.13. The van der Waals surface area contributed by atoms with Crippen LogP contribution in [-0.4, -0.2) is 10.7 Å². The maximum absolute atomic E-state index is 9.15. The van der Waals surface area contributed by atoms with Crippen LogP contribution in [0.2, 0.25) is 0 Å². The zero-order valence-corrected chi connectivity index (χ0v) is 15.5. The normalized spacial score (nSPS) is 18.1. The van der Waals surface area contributed by atoms with Gasteiger partial charge in [-0.15, -0.1) is 0 Å². The molecule has 1 aliphatic carbocycles. The number of anilines is 1. The summed E-state index contributed by atoms with van der Waals surface area (Å²) in [5.41, 5.74) is 10.2. The summed E-state index contributed by atoms with van der Waals surface area (Å²) in [6.45, 7) is 2.17. The van der Waals surface area contributed by atoms with Crippen LogP contribution in [0.5, 0.6) is 5.75 Å². The number of nitrogen functional groups attached to an aromatic ring is 1. The average molecular weight is 372 g/mol. The quantitative estimate of drug-likeness (QED) is 0.526. The highest BCUT2D eigenvalue weighted by Crippen LogP contribution is 2.38. The van der Waals surface area contributed by atoms with E-state index in [4.69, 9.17) is 25.6 Å². The highest BCUT2D eigenvalue weighted by atomic mass is 16.5. The van der Waals surface area contributed by atoms with Crippen LogP contribution < -0.4 is 10.5 Å². The van der Waals surface area contributed by atoms with E-state index in [-0.39, 0.29) is 11.8 Å². The summed E-state index contributed by atoms with van der Waals surface area (Å²) in [6, 6.07) is 13.3. The number of hydrogen-bond acceptors (Lipinski definition) is 6. The molecular formula is C22H20N4O2. The Hall–Kier alpha value is -3.59. The summed E-state index contributed by atoms with van der Waals surface area (Å²) in [5, 5.41) is 17.5. The number of nitrogens with zero attached hydrogens (tertiary/aromatic N) is 2. The van der Waals surface area contributed by atoms with Crippen LogP contribution in [0.4, 0.5) is 5.69 Å². The van der Waals surface area contributed by atoms with Gasteiger partial charge in [-0.25, -0.2) is 4.98 Å². The number of nitrogens with one attached hydrogen (secondary N) is 1. The Labute approximate surface area is 163 Å². The van der Waals surface area contributed by atoms with E-state index in [9.17, 15) is 0 Å². The molecule has 28 heavy (non-hydrogen) atoms. The van der Waals surface area contributed by atoms with Crippen LogP contribution in [0.15, 0.2) is 53.4 Å². The molecule has 0 saturated heterocycles. The van der Waals surface area contributed by atoms with Crippen molar-refractivity contribution in [3.05, 3.63) is 77.0 Å². The number of nitrogens with two attached hydrogens (primary N) is 1. The summed E-state index contributed by atoms with van der Waals surface area (Å²) in [4.78, 5) is 3.86. The van der Waals surface area contributed by atoms with Crippen molar-refractivity contribution >= 4 is 11.4 Å². The molecule has 3 aromatic rings. The van der Waals surface area contributed by atoms with E-state index in [2.05, 4.69) is 18.0 Å². The third-order valence-corrected chi connectivity index (χ3v) is 5.20. The van der Waals surface area contributed by atoms with Gasteiger partial charge in [0.2, 0.25) is 0 Å². The fraction of sp³-hybridized carbons (Fsp3) is 0.227. The smallest absolute Gasteiger partial charge is 0.181 e. The molecule has 1 aliphatic rings. The molecule has 0 amide bonds. The molecule has 4 rings (SSSR count). The predicted molar refractivity (Wildman–Crippen MR) is 105 cm³/mol. The molecule has 2 atom stereocenters. The van der Waals surface area contributed by atoms with Gasteiger partial charge in [0.15, 0.2) is 12.2 Å². The van der Waals surface area contributed by atoms with E-state index < -0.39 is 0 Å². The van der Waals surface area contributed by atoms with Crippen LogP contribution in [-0.2, 0) is 6.42 Å². The van der Waals surface area contributed by atoms with Crippen molar-refractivity contribution in [1.29, 1.82) is 10.7 Å². The van der Waals surface area contributed by atoms with Crippen LogP contribution in [0.1, 0.15) is 47.5 Å². The number of benzene rings is 2. The lowest BCUT2D eigenvalue weighted by atomic mass is 9.81. The number of nitriles is 1. The maximum atomic E-state index is 9.15. The van der Waals surface area contributed by atoms with Gasteiger partial charge < -0.3 is 14.9 Å². The zero-order chi connectivity index (χ0) is 19.7. The van der Waals surface area contributed by atoms with Gasteiger partial charge in [-0.2, -0.15) is 5.26 Å². The topological polar surface area (TPSA) is 109 Å². The molecule has 0 bridgehead atoms. The first-order chi connectivity index (χ1) is 13.6. The summed E-state index contributed by atoms with van der Waals surface area (Å²) < 4.78 is 11.6. The number of oxazole rings is 1. The second-order valence-corrected chi connectivity index (χ2v) is 7.07. The lowest BCUT2D eigenvalue weighted by Crippen LogP contribution is -2.23. The van der Waals surface area contributed by atoms with E-state index in [1.807, 2.05) is 24.3 Å². The molecule has 6 nitrogen and oxygen atoms in total. The van der Waals surface area contributed by atoms with E-state index in [0.717, 1.165) is 24.0 Å². The Kier molecular flexibility index (Phi) is 4.58. The lowest BCUT2D eigenvalue weighted by molar-refractivity contribution is 0.129. The van der Waals surface area contributed by atoms with E-state index in [0.29, 0.717) is 34.2 Å². The van der Waals surface area contributed by atoms with Gasteiger partial charge in [-0.3, -0.25) is 5.41 Å². The van der Waals surface area contributed by atoms with Crippen molar-refractivity contribution in [1.82, 2.24) is 4.98 Å². The molecule has 3 N–H and O–H groups in total. The molecular weight excluding hydrogens is 352 g/mol. The Bertz CT molecular complexity index is 1070. The first-order valence-corrected chi connectivity index (χ1v) is 9.13. The fourth-order valence-electron chi connectivity index (χ4n) is 3.63. The minimum Gasteiger partial charge on any atom is -0.485 e. The molecule has 0 radical (unpaired) electrons. The number of aryl methyl sites for hydroxylation is 1. The van der Waals surface area contributed by atoms with Crippen molar-refractivity contribution < 1.29 is 9.15 Å². The van der Waals surface area contributed by atoms with Crippen molar-refractivity contribution in [3.8, 4) is 11.8 Å². The molecule has 0 aliphatic heterocycles. The lowest BCUT2D eigenvalue weighted by Gasteiger charge is -2.32. The van der Waals surface area contributed by atoms with Crippen LogP contribution >= 0.6 is 0 Å². The third-order valence-electron chi connectivity index (χ3n) is 5.20. The van der Waals surface area contributed by atoms with Gasteiger partial charge in [0, 0.05) is 11.3 Å². The van der Waals surface area contributed by atoms with Crippen molar-refractivity contribution in [3.63, 3.8) is 0 Å². The SMILES string of the molecule is C[C@@H]1CCc2cc(C#N)ccc2[C@H]1Oc1ccc(N)c(C(=N)c2cnco2)c1. The van der Waals surface area contributed by atoms with Crippen LogP contribution in [0.25, 0.3) is 0 Å². The van der Waals surface area contributed by atoms with Crippen molar-refractivity contribution in [2.24, 2.45) is 5.92 Å². The van der Waals surface area contributed by atoms with Gasteiger partial charge >= 0.3 is 0 Å². The standard InChI is InChI=1S/C22H20N4O2/c1-13-2-4-15-8-14(10-23)3-6-17(15)22(13)28-16-5-7-19(24)18(9-16)21(25)20-11-26-12-27-20/h3,5-9,11-13,22,25H,2,4,24H2,1H3/t13-,22+/m1/s1. The Morgan fingerprint density at radius 1 is 1.32 bits per heavy atom. The van der Waals surface area contributed by atoms with Gasteiger partial charge in [-0.1, -0.05) is 13.0 Å². The summed E-state index contributed by atoms with van der Waals surface area (Å²) in [6.07, 6.45) is 4.59.